The number of rotatable bonds is 6. The SMILES string of the molecule is COCCN1CC(COC)C2(CCN(C(=O)C3CCC3)CC2)C1.O=C(O)C(F)(F)F. The molecule has 10 heteroatoms. The van der Waals surface area contributed by atoms with E-state index in [1.54, 1.807) is 14.2 Å². The third-order valence-corrected chi connectivity index (χ3v) is 6.63. The number of carboxylic acid groups (broad SMARTS) is 1. The van der Waals surface area contributed by atoms with E-state index >= 15 is 0 Å². The molecule has 3 fully saturated rings. The molecular weight excluding hydrogens is 405 g/mol. The lowest BCUT2D eigenvalue weighted by molar-refractivity contribution is -0.192. The van der Waals surface area contributed by atoms with Crippen molar-refractivity contribution in [2.24, 2.45) is 17.3 Å². The van der Waals surface area contributed by atoms with Crippen molar-refractivity contribution in [3.8, 4) is 0 Å². The van der Waals surface area contributed by atoms with Gasteiger partial charge >= 0.3 is 12.1 Å². The predicted octanol–water partition coefficient (Wildman–Crippen LogP) is 2.25. The highest BCUT2D eigenvalue weighted by Crippen LogP contribution is 2.45. The van der Waals surface area contributed by atoms with Crippen LogP contribution in [0.25, 0.3) is 0 Å². The van der Waals surface area contributed by atoms with E-state index in [9.17, 15) is 18.0 Å². The van der Waals surface area contributed by atoms with Gasteiger partial charge in [0.25, 0.3) is 0 Å². The Morgan fingerprint density at radius 2 is 1.73 bits per heavy atom. The molecule has 1 N–H and O–H groups in total. The first-order valence-corrected chi connectivity index (χ1v) is 10.4. The second-order valence-corrected chi connectivity index (χ2v) is 8.50. The number of carbonyl (C=O) groups is 2. The maximum absolute atomic E-state index is 12.5. The summed E-state index contributed by atoms with van der Waals surface area (Å²) in [5.74, 6) is -1.41. The zero-order valence-electron chi connectivity index (χ0n) is 17.7. The lowest BCUT2D eigenvalue weighted by Gasteiger charge is -2.44. The number of hydrogen-bond donors (Lipinski definition) is 1. The summed E-state index contributed by atoms with van der Waals surface area (Å²) >= 11 is 0. The van der Waals surface area contributed by atoms with Gasteiger partial charge in [0, 0.05) is 58.8 Å². The Morgan fingerprint density at radius 3 is 2.17 bits per heavy atom. The fourth-order valence-electron chi connectivity index (χ4n) is 4.62. The normalized spacial score (nSPS) is 24.3. The second-order valence-electron chi connectivity index (χ2n) is 8.50. The standard InChI is InChI=1S/C18H32N2O3.C2HF3O2/c1-22-11-10-19-12-16(13-23-2)18(14-19)6-8-20(9-7-18)17(21)15-4-3-5-15;3-2(4,5)1(6)7/h15-16H,3-14H2,1-2H3;(H,6,7). The number of alkyl halides is 3. The number of ether oxygens (including phenoxy) is 2. The molecule has 1 unspecified atom stereocenters. The molecule has 1 aliphatic carbocycles. The van der Waals surface area contributed by atoms with Crippen LogP contribution < -0.4 is 0 Å². The van der Waals surface area contributed by atoms with Gasteiger partial charge in [0.1, 0.15) is 0 Å². The van der Waals surface area contributed by atoms with Crippen LogP contribution in [0.3, 0.4) is 0 Å². The van der Waals surface area contributed by atoms with E-state index < -0.39 is 12.1 Å². The Balaban J connectivity index is 0.000000396. The molecule has 0 radical (unpaired) electrons. The molecule has 3 aliphatic rings. The van der Waals surface area contributed by atoms with Gasteiger partial charge in [-0.15, -0.1) is 0 Å². The summed E-state index contributed by atoms with van der Waals surface area (Å²) < 4.78 is 42.5. The van der Waals surface area contributed by atoms with Crippen LogP contribution in [-0.2, 0) is 19.1 Å². The molecule has 0 bridgehead atoms. The number of carboxylic acids is 1. The smallest absolute Gasteiger partial charge is 0.475 e. The molecule has 1 spiro atoms. The molecule has 3 rings (SSSR count). The summed E-state index contributed by atoms with van der Waals surface area (Å²) in [6.45, 7) is 6.75. The Kier molecular flexibility index (Phi) is 8.93. The zero-order chi connectivity index (χ0) is 22.4. The highest BCUT2D eigenvalue weighted by atomic mass is 19.4. The lowest BCUT2D eigenvalue weighted by atomic mass is 9.70. The van der Waals surface area contributed by atoms with E-state index in [0.29, 0.717) is 23.2 Å². The minimum atomic E-state index is -5.08. The molecule has 0 aromatic rings. The van der Waals surface area contributed by atoms with Crippen LogP contribution in [0.1, 0.15) is 32.1 Å². The molecule has 30 heavy (non-hydrogen) atoms. The number of hydrogen-bond acceptors (Lipinski definition) is 5. The maximum Gasteiger partial charge on any atom is 0.490 e. The minimum Gasteiger partial charge on any atom is -0.475 e. The van der Waals surface area contributed by atoms with Crippen molar-refractivity contribution >= 4 is 11.9 Å². The third kappa shape index (κ3) is 6.31. The van der Waals surface area contributed by atoms with E-state index in [1.165, 1.54) is 6.42 Å². The highest BCUT2D eigenvalue weighted by molar-refractivity contribution is 5.79. The van der Waals surface area contributed by atoms with Crippen LogP contribution in [0.15, 0.2) is 0 Å². The topological polar surface area (TPSA) is 79.3 Å². The van der Waals surface area contributed by atoms with Crippen LogP contribution in [0, 0.1) is 17.3 Å². The molecule has 1 atom stereocenters. The molecule has 2 aliphatic heterocycles. The minimum absolute atomic E-state index is 0.333. The van der Waals surface area contributed by atoms with Crippen LogP contribution in [0.2, 0.25) is 0 Å². The van der Waals surface area contributed by atoms with Crippen molar-refractivity contribution in [1.82, 2.24) is 9.80 Å². The van der Waals surface area contributed by atoms with Crippen molar-refractivity contribution in [2.75, 3.05) is 60.2 Å². The number of nitrogens with zero attached hydrogens (tertiary/aromatic N) is 2. The highest BCUT2D eigenvalue weighted by Gasteiger charge is 2.48. The fourth-order valence-corrected chi connectivity index (χ4v) is 4.62. The van der Waals surface area contributed by atoms with Gasteiger partial charge in [-0.3, -0.25) is 4.79 Å². The first-order valence-electron chi connectivity index (χ1n) is 10.4. The van der Waals surface area contributed by atoms with Crippen LogP contribution in [0.5, 0.6) is 0 Å². The number of piperidine rings is 1. The Labute approximate surface area is 175 Å². The number of likely N-dealkylation sites (tertiary alicyclic amines) is 2. The van der Waals surface area contributed by atoms with Gasteiger partial charge in [0.05, 0.1) is 13.2 Å². The molecule has 174 valence electrons. The molecule has 7 nitrogen and oxygen atoms in total. The summed E-state index contributed by atoms with van der Waals surface area (Å²) in [6.07, 6.45) is 0.625. The molecule has 0 aromatic carbocycles. The number of halogens is 3. The molecule has 1 amide bonds. The molecule has 2 heterocycles. The average Bonchev–Trinajstić information content (AvgIpc) is 2.96. The van der Waals surface area contributed by atoms with Crippen molar-refractivity contribution < 1.29 is 37.3 Å². The van der Waals surface area contributed by atoms with E-state index in [2.05, 4.69) is 9.80 Å². The number of amides is 1. The van der Waals surface area contributed by atoms with Crippen molar-refractivity contribution in [3.05, 3.63) is 0 Å². The summed E-state index contributed by atoms with van der Waals surface area (Å²) in [5.41, 5.74) is 0.333. The third-order valence-electron chi connectivity index (χ3n) is 6.63. The number of carbonyl (C=O) groups excluding carboxylic acids is 1. The van der Waals surface area contributed by atoms with E-state index in [0.717, 1.165) is 71.6 Å². The number of aliphatic carboxylic acids is 1. The predicted molar refractivity (Wildman–Crippen MR) is 103 cm³/mol. The summed E-state index contributed by atoms with van der Waals surface area (Å²) in [7, 11) is 3.57. The number of methoxy groups -OCH3 is 2. The summed E-state index contributed by atoms with van der Waals surface area (Å²) in [6, 6.07) is 0. The largest absolute Gasteiger partial charge is 0.490 e. The maximum atomic E-state index is 12.5. The van der Waals surface area contributed by atoms with Crippen molar-refractivity contribution in [1.29, 1.82) is 0 Å². The first kappa shape index (κ1) is 24.9. The lowest BCUT2D eigenvalue weighted by Crippen LogP contribution is -2.49. The Hall–Kier alpha value is -1.39. The zero-order valence-corrected chi connectivity index (χ0v) is 17.7. The van der Waals surface area contributed by atoms with Gasteiger partial charge in [0.15, 0.2) is 0 Å². The summed E-state index contributed by atoms with van der Waals surface area (Å²) in [4.78, 5) is 26.0. The molecular formula is C20H33F3N2O5. The van der Waals surface area contributed by atoms with Crippen LogP contribution in [-0.4, -0.2) is 93.1 Å². The van der Waals surface area contributed by atoms with Gasteiger partial charge in [-0.2, -0.15) is 13.2 Å². The van der Waals surface area contributed by atoms with Gasteiger partial charge < -0.3 is 24.4 Å². The molecule has 2 saturated heterocycles. The first-order chi connectivity index (χ1) is 14.1. The monoisotopic (exact) mass is 438 g/mol. The average molecular weight is 438 g/mol. The van der Waals surface area contributed by atoms with E-state index in [4.69, 9.17) is 19.4 Å². The van der Waals surface area contributed by atoms with E-state index in [1.807, 2.05) is 0 Å². The van der Waals surface area contributed by atoms with Crippen LogP contribution in [0.4, 0.5) is 13.2 Å². The van der Waals surface area contributed by atoms with Gasteiger partial charge in [0.2, 0.25) is 5.91 Å². The van der Waals surface area contributed by atoms with E-state index in [-0.39, 0.29) is 0 Å². The van der Waals surface area contributed by atoms with Gasteiger partial charge in [-0.1, -0.05) is 6.42 Å². The molecule has 1 saturated carbocycles. The molecule has 0 aromatic heterocycles. The summed E-state index contributed by atoms with van der Waals surface area (Å²) in [5, 5.41) is 7.12. The Morgan fingerprint density at radius 1 is 1.13 bits per heavy atom. The van der Waals surface area contributed by atoms with Crippen molar-refractivity contribution in [2.45, 2.75) is 38.3 Å². The second kappa shape index (κ2) is 10.8. The fraction of sp³-hybridized carbons (Fsp3) is 0.900. The van der Waals surface area contributed by atoms with Gasteiger partial charge in [-0.05, 0) is 31.1 Å². The van der Waals surface area contributed by atoms with Gasteiger partial charge in [-0.25, -0.2) is 4.79 Å². The quantitative estimate of drug-likeness (QED) is 0.685. The Bertz CT molecular complexity index is 575. The van der Waals surface area contributed by atoms with Crippen LogP contribution >= 0.6 is 0 Å². The van der Waals surface area contributed by atoms with Crippen molar-refractivity contribution in [3.63, 3.8) is 0 Å².